The van der Waals surface area contributed by atoms with E-state index in [1.165, 1.54) is 25.6 Å². The second kappa shape index (κ2) is 4.87. The van der Waals surface area contributed by atoms with Gasteiger partial charge in [-0.05, 0) is 18.8 Å². The van der Waals surface area contributed by atoms with Gasteiger partial charge in [-0.15, -0.1) is 0 Å². The molecule has 0 radical (unpaired) electrons. The molecule has 1 aromatic heterocycles. The van der Waals surface area contributed by atoms with Gasteiger partial charge in [-0.1, -0.05) is 24.9 Å². The highest BCUT2D eigenvalue weighted by molar-refractivity contribution is 6.31. The number of hydrogen-bond acceptors (Lipinski definition) is 4. The van der Waals surface area contributed by atoms with Crippen LogP contribution in [0.15, 0.2) is 6.33 Å². The third kappa shape index (κ3) is 2.38. The average Bonchev–Trinajstić information content (AvgIpc) is 2.97. The van der Waals surface area contributed by atoms with Crippen LogP contribution < -0.4 is 10.1 Å². The Labute approximate surface area is 100 Å². The zero-order valence-electron chi connectivity index (χ0n) is 9.53. The highest BCUT2D eigenvalue weighted by Gasteiger charge is 2.36. The fourth-order valence-electron chi connectivity index (χ4n) is 1.93. The summed E-state index contributed by atoms with van der Waals surface area (Å²) in [5.41, 5.74) is 0. The molecular formula is C11H16ClN3O. The van der Waals surface area contributed by atoms with E-state index in [1.807, 2.05) is 0 Å². The van der Waals surface area contributed by atoms with Crippen molar-refractivity contribution in [3.63, 3.8) is 0 Å². The first-order valence-electron chi connectivity index (χ1n) is 5.57. The Bertz CT molecular complexity index is 372. The minimum atomic E-state index is 0.354. The maximum absolute atomic E-state index is 5.91. The topological polar surface area (TPSA) is 47.0 Å². The normalized spacial score (nSPS) is 22.9. The van der Waals surface area contributed by atoms with Gasteiger partial charge in [0.2, 0.25) is 0 Å². The van der Waals surface area contributed by atoms with E-state index >= 15 is 0 Å². The van der Waals surface area contributed by atoms with Gasteiger partial charge >= 0.3 is 0 Å². The van der Waals surface area contributed by atoms with Gasteiger partial charge in [-0.3, -0.25) is 0 Å². The van der Waals surface area contributed by atoms with Crippen molar-refractivity contribution in [2.45, 2.75) is 32.2 Å². The lowest BCUT2D eigenvalue weighted by Gasteiger charge is -2.10. The van der Waals surface area contributed by atoms with Crippen LogP contribution >= 0.6 is 11.6 Å². The first kappa shape index (κ1) is 11.5. The number of ether oxygens (including phenoxy) is 1. The predicted molar refractivity (Wildman–Crippen MR) is 64.0 cm³/mol. The Balaban J connectivity index is 2.02. The summed E-state index contributed by atoms with van der Waals surface area (Å²) in [6.07, 6.45) is 5.15. The molecule has 0 saturated heterocycles. The van der Waals surface area contributed by atoms with Gasteiger partial charge < -0.3 is 10.1 Å². The van der Waals surface area contributed by atoms with Crippen LogP contribution in [0.25, 0.3) is 0 Å². The lowest BCUT2D eigenvalue weighted by molar-refractivity contribution is 0.413. The van der Waals surface area contributed by atoms with Gasteiger partial charge in [0, 0.05) is 6.04 Å². The molecule has 0 bridgehead atoms. The summed E-state index contributed by atoms with van der Waals surface area (Å²) in [6, 6.07) is 0.514. The van der Waals surface area contributed by atoms with Crippen molar-refractivity contribution in [1.29, 1.82) is 0 Å². The molecule has 1 aliphatic carbocycles. The third-order valence-electron chi connectivity index (χ3n) is 2.87. The SMILES string of the molecule is CCCC1CC1Nc1ncnc(Cl)c1OC. The molecule has 0 amide bonds. The summed E-state index contributed by atoms with van der Waals surface area (Å²) in [6.45, 7) is 2.21. The maximum atomic E-state index is 5.91. The van der Waals surface area contributed by atoms with E-state index in [9.17, 15) is 0 Å². The molecule has 0 spiro atoms. The van der Waals surface area contributed by atoms with E-state index in [1.54, 1.807) is 7.11 Å². The smallest absolute Gasteiger partial charge is 0.198 e. The molecule has 16 heavy (non-hydrogen) atoms. The number of nitrogens with zero attached hydrogens (tertiary/aromatic N) is 2. The molecule has 5 heteroatoms. The second-order valence-corrected chi connectivity index (χ2v) is 4.44. The Hall–Kier alpha value is -1.03. The second-order valence-electron chi connectivity index (χ2n) is 4.08. The summed E-state index contributed by atoms with van der Waals surface area (Å²) >= 11 is 5.91. The molecule has 1 aromatic rings. The van der Waals surface area contributed by atoms with E-state index in [0.717, 1.165) is 5.92 Å². The minimum absolute atomic E-state index is 0.354. The van der Waals surface area contributed by atoms with Gasteiger partial charge in [0.25, 0.3) is 0 Å². The first-order valence-corrected chi connectivity index (χ1v) is 5.95. The molecule has 1 saturated carbocycles. The zero-order valence-corrected chi connectivity index (χ0v) is 10.3. The Morgan fingerprint density at radius 1 is 1.56 bits per heavy atom. The number of rotatable bonds is 5. The van der Waals surface area contributed by atoms with Crippen LogP contribution in [0, 0.1) is 5.92 Å². The Morgan fingerprint density at radius 2 is 2.38 bits per heavy atom. The molecule has 2 atom stereocenters. The molecule has 1 heterocycles. The number of anilines is 1. The average molecular weight is 242 g/mol. The monoisotopic (exact) mass is 241 g/mol. The molecule has 4 nitrogen and oxygen atoms in total. The summed E-state index contributed by atoms with van der Waals surface area (Å²) < 4.78 is 5.18. The number of aromatic nitrogens is 2. The fraction of sp³-hybridized carbons (Fsp3) is 0.636. The van der Waals surface area contributed by atoms with E-state index in [-0.39, 0.29) is 0 Å². The van der Waals surface area contributed by atoms with Crippen molar-refractivity contribution in [3.8, 4) is 5.75 Å². The minimum Gasteiger partial charge on any atom is -0.490 e. The lowest BCUT2D eigenvalue weighted by Crippen LogP contribution is -2.08. The Kier molecular flexibility index (Phi) is 3.49. The Morgan fingerprint density at radius 3 is 3.06 bits per heavy atom. The van der Waals surface area contributed by atoms with Crippen LogP contribution in [0.4, 0.5) is 5.82 Å². The zero-order chi connectivity index (χ0) is 11.5. The quantitative estimate of drug-likeness (QED) is 0.806. The molecular weight excluding hydrogens is 226 g/mol. The molecule has 1 fully saturated rings. The number of hydrogen-bond donors (Lipinski definition) is 1. The van der Waals surface area contributed by atoms with Crippen molar-refractivity contribution >= 4 is 17.4 Å². The van der Waals surface area contributed by atoms with Gasteiger partial charge in [0.1, 0.15) is 6.33 Å². The summed E-state index contributed by atoms with van der Waals surface area (Å²) in [5, 5.41) is 3.70. The standard InChI is InChI=1S/C11H16ClN3O/c1-3-4-7-5-8(7)15-11-9(16-2)10(12)13-6-14-11/h6-8H,3-5H2,1-2H3,(H,13,14,15). The van der Waals surface area contributed by atoms with E-state index in [2.05, 4.69) is 22.2 Å². The van der Waals surface area contributed by atoms with Gasteiger partial charge in [0.05, 0.1) is 7.11 Å². The van der Waals surface area contributed by atoms with Crippen molar-refractivity contribution in [1.82, 2.24) is 9.97 Å². The molecule has 0 aliphatic heterocycles. The molecule has 0 aromatic carbocycles. The number of methoxy groups -OCH3 is 1. The van der Waals surface area contributed by atoms with Gasteiger partial charge in [-0.25, -0.2) is 9.97 Å². The van der Waals surface area contributed by atoms with Crippen molar-refractivity contribution < 1.29 is 4.74 Å². The predicted octanol–water partition coefficient (Wildman–Crippen LogP) is 2.74. The molecule has 2 rings (SSSR count). The maximum Gasteiger partial charge on any atom is 0.198 e. The van der Waals surface area contributed by atoms with Gasteiger partial charge in [0.15, 0.2) is 16.7 Å². The highest BCUT2D eigenvalue weighted by atomic mass is 35.5. The summed E-state index contributed by atoms with van der Waals surface area (Å²) in [5.74, 6) is 2.00. The van der Waals surface area contributed by atoms with Crippen LogP contribution in [0.1, 0.15) is 26.2 Å². The van der Waals surface area contributed by atoms with Crippen LogP contribution in [-0.2, 0) is 0 Å². The first-order chi connectivity index (χ1) is 7.76. The van der Waals surface area contributed by atoms with Crippen molar-refractivity contribution in [2.75, 3.05) is 12.4 Å². The largest absolute Gasteiger partial charge is 0.490 e. The van der Waals surface area contributed by atoms with Crippen LogP contribution in [0.2, 0.25) is 5.15 Å². The highest BCUT2D eigenvalue weighted by Crippen LogP contribution is 2.39. The molecule has 2 unspecified atom stereocenters. The van der Waals surface area contributed by atoms with Crippen molar-refractivity contribution in [2.24, 2.45) is 5.92 Å². The fourth-order valence-corrected chi connectivity index (χ4v) is 2.14. The molecule has 88 valence electrons. The van der Waals surface area contributed by atoms with Crippen LogP contribution in [-0.4, -0.2) is 23.1 Å². The third-order valence-corrected chi connectivity index (χ3v) is 3.14. The van der Waals surface area contributed by atoms with Gasteiger partial charge in [-0.2, -0.15) is 0 Å². The van der Waals surface area contributed by atoms with Crippen LogP contribution in [0.5, 0.6) is 5.75 Å². The number of halogens is 1. The van der Waals surface area contributed by atoms with Crippen molar-refractivity contribution in [3.05, 3.63) is 11.5 Å². The lowest BCUT2D eigenvalue weighted by atomic mass is 10.2. The van der Waals surface area contributed by atoms with E-state index in [4.69, 9.17) is 16.3 Å². The van der Waals surface area contributed by atoms with Crippen LogP contribution in [0.3, 0.4) is 0 Å². The summed E-state index contributed by atoms with van der Waals surface area (Å²) in [4.78, 5) is 8.04. The summed E-state index contributed by atoms with van der Waals surface area (Å²) in [7, 11) is 1.58. The number of nitrogens with one attached hydrogen (secondary N) is 1. The molecule has 1 aliphatic rings. The van der Waals surface area contributed by atoms with E-state index < -0.39 is 0 Å². The molecule has 1 N–H and O–H groups in total. The van der Waals surface area contributed by atoms with E-state index in [0.29, 0.717) is 22.8 Å².